The van der Waals surface area contributed by atoms with Crippen LogP contribution in [-0.4, -0.2) is 37.9 Å². The molecule has 1 aromatic heterocycles. The molecule has 108 valence electrons. The first-order valence-electron chi connectivity index (χ1n) is 6.26. The number of aromatic nitrogens is 1. The van der Waals surface area contributed by atoms with Crippen LogP contribution in [0.4, 0.5) is 4.39 Å². The molecule has 0 aliphatic rings. The summed E-state index contributed by atoms with van der Waals surface area (Å²) in [6.07, 6.45) is 0. The summed E-state index contributed by atoms with van der Waals surface area (Å²) in [5, 5.41) is 0.630. The highest BCUT2D eigenvalue weighted by Crippen LogP contribution is 2.28. The van der Waals surface area contributed by atoms with Gasteiger partial charge in [-0.3, -0.25) is 0 Å². The first-order chi connectivity index (χ1) is 9.65. The molecule has 0 radical (unpaired) electrons. The third kappa shape index (κ3) is 3.08. The summed E-state index contributed by atoms with van der Waals surface area (Å²) in [4.78, 5) is 14.5. The average Bonchev–Trinajstić information content (AvgIpc) is 2.83. The molecule has 0 amide bonds. The van der Waals surface area contributed by atoms with Crippen LogP contribution in [0.25, 0.3) is 10.9 Å². The molecule has 0 aliphatic carbocycles. The Hall–Kier alpha value is -2.08. The number of hydrogen-bond acceptors (Lipinski definition) is 4. The molecule has 0 unspecified atom stereocenters. The number of aromatic amines is 1. The molecule has 2 rings (SSSR count). The number of carbonyl (C=O) groups excluding carboxylic acids is 1. The van der Waals surface area contributed by atoms with Crippen LogP contribution in [0.15, 0.2) is 18.2 Å². The van der Waals surface area contributed by atoms with Gasteiger partial charge in [-0.1, -0.05) is 0 Å². The van der Waals surface area contributed by atoms with Gasteiger partial charge >= 0.3 is 5.97 Å². The van der Waals surface area contributed by atoms with Gasteiger partial charge in [-0.15, -0.1) is 0 Å². The zero-order chi connectivity index (χ0) is 14.5. The molecule has 1 heterocycles. The quantitative estimate of drug-likeness (QED) is 0.653. The Morgan fingerprint density at radius 1 is 1.30 bits per heavy atom. The van der Waals surface area contributed by atoms with Gasteiger partial charge in [0.1, 0.15) is 23.9 Å². The number of hydrogen-bond donors (Lipinski definition) is 1. The van der Waals surface area contributed by atoms with E-state index < -0.39 is 11.8 Å². The molecule has 0 aliphatic heterocycles. The Kier molecular flexibility index (Phi) is 4.57. The summed E-state index contributed by atoms with van der Waals surface area (Å²) in [6, 6.07) is 4.18. The van der Waals surface area contributed by atoms with E-state index in [2.05, 4.69) is 4.98 Å². The molecule has 0 atom stereocenters. The van der Waals surface area contributed by atoms with E-state index in [1.54, 1.807) is 20.1 Å². The Morgan fingerprint density at radius 2 is 2.10 bits per heavy atom. The number of fused-ring (bicyclic) bond motifs is 1. The van der Waals surface area contributed by atoms with Crippen LogP contribution >= 0.6 is 0 Å². The lowest BCUT2D eigenvalue weighted by Crippen LogP contribution is -2.04. The van der Waals surface area contributed by atoms with Crippen molar-refractivity contribution < 1.29 is 23.4 Å². The van der Waals surface area contributed by atoms with Gasteiger partial charge in [0.15, 0.2) is 0 Å². The Labute approximate surface area is 115 Å². The smallest absolute Gasteiger partial charge is 0.354 e. The number of benzene rings is 1. The first-order valence-corrected chi connectivity index (χ1v) is 6.26. The number of rotatable bonds is 6. The van der Waals surface area contributed by atoms with E-state index in [0.29, 0.717) is 29.9 Å². The minimum atomic E-state index is -0.480. The number of esters is 1. The summed E-state index contributed by atoms with van der Waals surface area (Å²) in [7, 11) is 1.56. The number of carbonyl (C=O) groups is 1. The minimum absolute atomic E-state index is 0.268. The highest BCUT2D eigenvalue weighted by molar-refractivity contribution is 5.97. The van der Waals surface area contributed by atoms with E-state index in [4.69, 9.17) is 14.2 Å². The Bertz CT molecular complexity index is 608. The molecule has 0 saturated carbocycles. The highest BCUT2D eigenvalue weighted by atomic mass is 19.1. The van der Waals surface area contributed by atoms with Crippen molar-refractivity contribution in [1.82, 2.24) is 4.98 Å². The lowest BCUT2D eigenvalue weighted by atomic mass is 10.2. The minimum Gasteiger partial charge on any atom is -0.490 e. The van der Waals surface area contributed by atoms with Gasteiger partial charge in [-0.25, -0.2) is 9.18 Å². The van der Waals surface area contributed by atoms with Gasteiger partial charge < -0.3 is 19.2 Å². The van der Waals surface area contributed by atoms with Crippen molar-refractivity contribution in [1.29, 1.82) is 0 Å². The fourth-order valence-electron chi connectivity index (χ4n) is 1.84. The van der Waals surface area contributed by atoms with Crippen molar-refractivity contribution in [2.45, 2.75) is 6.92 Å². The van der Waals surface area contributed by atoms with E-state index >= 15 is 0 Å². The molecular weight excluding hydrogens is 265 g/mol. The predicted octanol–water partition coefficient (Wildman–Crippen LogP) is 2.51. The van der Waals surface area contributed by atoms with Crippen molar-refractivity contribution >= 4 is 16.9 Å². The maximum atomic E-state index is 13.5. The Balaban J connectivity index is 2.34. The number of halogens is 1. The van der Waals surface area contributed by atoms with Crippen LogP contribution in [0.3, 0.4) is 0 Å². The standard InChI is InChI=1S/C14H16FNO4/c1-3-19-14(17)12-8-10-11(16-12)6-9(15)7-13(10)20-5-4-18-2/h6-8,16H,3-5H2,1-2H3. The third-order valence-electron chi connectivity index (χ3n) is 2.71. The second kappa shape index (κ2) is 6.38. The second-order valence-corrected chi connectivity index (χ2v) is 4.11. The van der Waals surface area contributed by atoms with Crippen LogP contribution in [0.2, 0.25) is 0 Å². The van der Waals surface area contributed by atoms with Gasteiger partial charge in [-0.2, -0.15) is 0 Å². The van der Waals surface area contributed by atoms with Gasteiger partial charge in [0.25, 0.3) is 0 Å². The monoisotopic (exact) mass is 281 g/mol. The van der Waals surface area contributed by atoms with E-state index in [0.717, 1.165) is 0 Å². The van der Waals surface area contributed by atoms with Gasteiger partial charge in [-0.05, 0) is 19.1 Å². The normalized spacial score (nSPS) is 10.8. The molecule has 0 bridgehead atoms. The molecule has 0 spiro atoms. The zero-order valence-electron chi connectivity index (χ0n) is 11.4. The molecule has 1 N–H and O–H groups in total. The number of ether oxygens (including phenoxy) is 3. The molecule has 0 saturated heterocycles. The van der Waals surface area contributed by atoms with Crippen molar-refractivity contribution in [3.63, 3.8) is 0 Å². The van der Waals surface area contributed by atoms with Crippen LogP contribution in [0, 0.1) is 5.82 Å². The van der Waals surface area contributed by atoms with E-state index in [1.807, 2.05) is 0 Å². The average molecular weight is 281 g/mol. The van der Waals surface area contributed by atoms with Crippen LogP contribution in [-0.2, 0) is 9.47 Å². The summed E-state index contributed by atoms with van der Waals surface area (Å²) in [5.74, 6) is -0.557. The van der Waals surface area contributed by atoms with Crippen LogP contribution < -0.4 is 4.74 Å². The van der Waals surface area contributed by atoms with Gasteiger partial charge in [0.2, 0.25) is 0 Å². The molecule has 1 aromatic carbocycles. The fourth-order valence-corrected chi connectivity index (χ4v) is 1.84. The van der Waals surface area contributed by atoms with E-state index in [9.17, 15) is 9.18 Å². The van der Waals surface area contributed by atoms with Crippen molar-refractivity contribution in [3.05, 3.63) is 29.7 Å². The van der Waals surface area contributed by atoms with Gasteiger partial charge in [0.05, 0.1) is 18.7 Å². The number of H-pyrrole nitrogens is 1. The largest absolute Gasteiger partial charge is 0.490 e. The number of nitrogens with one attached hydrogen (secondary N) is 1. The lowest BCUT2D eigenvalue weighted by molar-refractivity contribution is 0.0520. The van der Waals surface area contributed by atoms with Crippen LogP contribution in [0.1, 0.15) is 17.4 Å². The van der Waals surface area contributed by atoms with Crippen molar-refractivity contribution in [3.8, 4) is 5.75 Å². The summed E-state index contributed by atoms with van der Waals surface area (Å²) in [6.45, 7) is 2.70. The zero-order valence-corrected chi connectivity index (χ0v) is 11.4. The highest BCUT2D eigenvalue weighted by Gasteiger charge is 2.14. The first kappa shape index (κ1) is 14.3. The third-order valence-corrected chi connectivity index (χ3v) is 2.71. The number of methoxy groups -OCH3 is 1. The summed E-state index contributed by atoms with van der Waals surface area (Å²) >= 11 is 0. The van der Waals surface area contributed by atoms with Gasteiger partial charge in [0, 0.05) is 18.6 Å². The molecule has 20 heavy (non-hydrogen) atoms. The van der Waals surface area contributed by atoms with E-state index in [-0.39, 0.29) is 12.3 Å². The van der Waals surface area contributed by atoms with Crippen molar-refractivity contribution in [2.24, 2.45) is 0 Å². The Morgan fingerprint density at radius 3 is 2.80 bits per heavy atom. The molecule has 6 heteroatoms. The fraction of sp³-hybridized carbons (Fsp3) is 0.357. The molecule has 5 nitrogen and oxygen atoms in total. The second-order valence-electron chi connectivity index (χ2n) is 4.11. The van der Waals surface area contributed by atoms with E-state index in [1.165, 1.54) is 12.1 Å². The maximum Gasteiger partial charge on any atom is 0.354 e. The van der Waals surface area contributed by atoms with Crippen LogP contribution in [0.5, 0.6) is 5.75 Å². The maximum absolute atomic E-state index is 13.5. The summed E-state index contributed by atoms with van der Waals surface area (Å²) in [5.41, 5.74) is 0.754. The summed E-state index contributed by atoms with van der Waals surface area (Å²) < 4.78 is 28.8. The molecule has 2 aromatic rings. The SMILES string of the molecule is CCOC(=O)c1cc2c(OCCOC)cc(F)cc2[nH]1. The van der Waals surface area contributed by atoms with Crippen molar-refractivity contribution in [2.75, 3.05) is 26.9 Å². The predicted molar refractivity (Wildman–Crippen MR) is 71.6 cm³/mol. The molecule has 0 fully saturated rings. The molecular formula is C14H16FNO4. The topological polar surface area (TPSA) is 60.6 Å². The lowest BCUT2D eigenvalue weighted by Gasteiger charge is -2.06.